The van der Waals surface area contributed by atoms with Crippen molar-refractivity contribution in [1.82, 2.24) is 0 Å². The normalized spacial score (nSPS) is 11.2. The van der Waals surface area contributed by atoms with Gasteiger partial charge in [0.1, 0.15) is 0 Å². The van der Waals surface area contributed by atoms with Crippen molar-refractivity contribution in [2.45, 2.75) is 0 Å². The molecular formula is C5H4Br2O2S. The van der Waals surface area contributed by atoms with E-state index in [9.17, 15) is 4.79 Å². The van der Waals surface area contributed by atoms with Crippen LogP contribution in [0.2, 0.25) is 0 Å². The number of carboxylic acids is 1. The third-order valence-electron chi connectivity index (χ3n) is 0.445. The van der Waals surface area contributed by atoms with Gasteiger partial charge in [0, 0.05) is 9.89 Å². The van der Waals surface area contributed by atoms with Crippen molar-refractivity contribution < 1.29 is 9.90 Å². The topological polar surface area (TPSA) is 37.3 Å². The monoisotopic (exact) mass is 286 g/mol. The molecule has 56 valence electrons. The largest absolute Gasteiger partial charge is 0.478 e. The number of aliphatic carboxylic acids is 1. The van der Waals surface area contributed by atoms with Crippen molar-refractivity contribution in [3.63, 3.8) is 0 Å². The summed E-state index contributed by atoms with van der Waals surface area (Å²) in [4.78, 5) is 10.0. The van der Waals surface area contributed by atoms with Gasteiger partial charge >= 0.3 is 5.97 Å². The van der Waals surface area contributed by atoms with E-state index in [1.807, 2.05) is 0 Å². The number of carbonyl (C=O) groups is 1. The van der Waals surface area contributed by atoms with E-state index in [0.29, 0.717) is 7.63 Å². The molecule has 0 amide bonds. The lowest BCUT2D eigenvalue weighted by Gasteiger charge is -1.92. The van der Waals surface area contributed by atoms with Gasteiger partial charge in [-0.1, -0.05) is 18.3 Å². The maximum atomic E-state index is 10.0. The Morgan fingerprint density at radius 2 is 2.10 bits per heavy atom. The summed E-state index contributed by atoms with van der Waals surface area (Å²) in [6.45, 7) is 3.52. The van der Waals surface area contributed by atoms with Gasteiger partial charge in [-0.25, -0.2) is 4.79 Å². The van der Waals surface area contributed by atoms with Crippen molar-refractivity contribution in [3.05, 3.63) is 20.3 Å². The van der Waals surface area contributed by atoms with Crippen LogP contribution in [-0.4, -0.2) is 11.1 Å². The highest BCUT2D eigenvalue weighted by Crippen LogP contribution is 2.31. The molecule has 0 bridgehead atoms. The van der Waals surface area contributed by atoms with Crippen LogP contribution in [0, 0.1) is 0 Å². The van der Waals surface area contributed by atoms with Crippen LogP contribution in [0.25, 0.3) is 0 Å². The fourth-order valence-electron chi connectivity index (χ4n) is 0.232. The molecule has 0 aromatic carbocycles. The van der Waals surface area contributed by atoms with Gasteiger partial charge in [0.05, 0.1) is 3.81 Å². The van der Waals surface area contributed by atoms with Crippen molar-refractivity contribution in [1.29, 1.82) is 0 Å². The van der Waals surface area contributed by atoms with Crippen molar-refractivity contribution in [3.8, 4) is 0 Å². The molecule has 0 aliphatic carbocycles. The number of hydrogen-bond donors (Lipinski definition) is 1. The highest BCUT2D eigenvalue weighted by molar-refractivity contribution is 9.16. The Morgan fingerprint density at radius 3 is 2.40 bits per heavy atom. The Kier molecular flexibility index (Phi) is 5.11. The molecule has 0 unspecified atom stereocenters. The minimum absolute atomic E-state index is 0.516. The van der Waals surface area contributed by atoms with Gasteiger partial charge in [-0.3, -0.25) is 0 Å². The molecule has 10 heavy (non-hydrogen) atoms. The van der Waals surface area contributed by atoms with Crippen LogP contribution < -0.4 is 0 Å². The lowest BCUT2D eigenvalue weighted by atomic mass is 10.7. The maximum Gasteiger partial charge on any atom is 0.329 e. The van der Waals surface area contributed by atoms with Gasteiger partial charge in [-0.05, 0) is 31.9 Å². The van der Waals surface area contributed by atoms with Crippen LogP contribution in [0.15, 0.2) is 20.3 Å². The van der Waals surface area contributed by atoms with Crippen molar-refractivity contribution in [2.24, 2.45) is 0 Å². The zero-order valence-electron chi connectivity index (χ0n) is 4.80. The average molecular weight is 288 g/mol. The predicted octanol–water partition coefficient (Wildman–Crippen LogP) is 2.91. The molecule has 0 aromatic rings. The quantitative estimate of drug-likeness (QED) is 0.811. The third-order valence-corrected chi connectivity index (χ3v) is 2.18. The Bertz CT molecular complexity index is 188. The summed E-state index contributed by atoms with van der Waals surface area (Å²) in [6.07, 6.45) is 1.05. The molecular weight excluding hydrogens is 284 g/mol. The Morgan fingerprint density at radius 1 is 1.60 bits per heavy atom. The molecule has 0 spiro atoms. The van der Waals surface area contributed by atoms with Gasteiger partial charge in [-0.15, -0.1) is 0 Å². The Labute approximate surface area is 79.6 Å². The first kappa shape index (κ1) is 10.3. The van der Waals surface area contributed by atoms with Crippen LogP contribution in [0.1, 0.15) is 0 Å². The lowest BCUT2D eigenvalue weighted by Crippen LogP contribution is -1.85. The molecule has 0 radical (unpaired) electrons. The van der Waals surface area contributed by atoms with Gasteiger partial charge < -0.3 is 5.11 Å². The molecule has 5 heteroatoms. The molecule has 0 rings (SSSR count). The molecule has 0 aliphatic rings. The van der Waals surface area contributed by atoms with E-state index in [1.54, 1.807) is 0 Å². The van der Waals surface area contributed by atoms with Gasteiger partial charge in [0.2, 0.25) is 0 Å². The van der Waals surface area contributed by atoms with Crippen LogP contribution in [-0.2, 0) is 4.79 Å². The number of carboxylic acid groups (broad SMARTS) is 1. The molecule has 0 atom stereocenters. The minimum atomic E-state index is -0.979. The van der Waals surface area contributed by atoms with Crippen LogP contribution in [0.5, 0.6) is 0 Å². The number of hydrogen-bond acceptors (Lipinski definition) is 2. The Balaban J connectivity index is 3.95. The maximum absolute atomic E-state index is 10.0. The van der Waals surface area contributed by atoms with Crippen LogP contribution in [0.3, 0.4) is 0 Å². The summed E-state index contributed by atoms with van der Waals surface area (Å²) < 4.78 is 1.18. The molecule has 0 saturated heterocycles. The lowest BCUT2D eigenvalue weighted by molar-refractivity contribution is -0.131. The number of halogens is 2. The summed E-state index contributed by atoms with van der Waals surface area (Å²) in [6, 6.07) is 0. The highest BCUT2D eigenvalue weighted by Gasteiger charge is 1.97. The molecule has 2 nitrogen and oxygen atoms in total. The average Bonchev–Trinajstić information content (AvgIpc) is 1.58. The fraction of sp³-hybridized carbons (Fsp3) is 0. The van der Waals surface area contributed by atoms with Crippen LogP contribution >= 0.6 is 43.6 Å². The zero-order valence-corrected chi connectivity index (χ0v) is 8.79. The number of thioether (sulfide) groups is 1. The third kappa shape index (κ3) is 6.38. The standard InChI is InChI=1S/C5H4Br2O2S/c1-3(6)10-4(7)2-5(8)9/h2H,1H2,(H,8,9)/b4-2+. The smallest absolute Gasteiger partial charge is 0.329 e. The zero-order chi connectivity index (χ0) is 8.15. The van der Waals surface area contributed by atoms with E-state index in [2.05, 4.69) is 38.4 Å². The summed E-state index contributed by atoms with van der Waals surface area (Å²) in [5.74, 6) is -0.979. The minimum Gasteiger partial charge on any atom is -0.478 e. The van der Waals surface area contributed by atoms with Gasteiger partial charge in [0.15, 0.2) is 0 Å². The molecule has 0 aliphatic heterocycles. The van der Waals surface area contributed by atoms with E-state index in [-0.39, 0.29) is 0 Å². The summed E-state index contributed by atoms with van der Waals surface area (Å²) in [7, 11) is 0. The molecule has 0 fully saturated rings. The van der Waals surface area contributed by atoms with E-state index < -0.39 is 5.97 Å². The SMILES string of the molecule is C=C(Br)S/C(Br)=C/C(=O)O. The Hall–Kier alpha value is 0.260. The molecule has 0 heterocycles. The second-order valence-electron chi connectivity index (χ2n) is 1.24. The first-order valence-electron chi connectivity index (χ1n) is 2.14. The van der Waals surface area contributed by atoms with Crippen molar-refractivity contribution >= 4 is 49.6 Å². The molecule has 1 N–H and O–H groups in total. The fourth-order valence-corrected chi connectivity index (χ4v) is 2.56. The van der Waals surface area contributed by atoms with Crippen molar-refractivity contribution in [2.75, 3.05) is 0 Å². The molecule has 0 saturated carbocycles. The molecule has 0 aromatic heterocycles. The van der Waals surface area contributed by atoms with E-state index in [1.165, 1.54) is 11.8 Å². The van der Waals surface area contributed by atoms with E-state index >= 15 is 0 Å². The second-order valence-corrected chi connectivity index (χ2v) is 5.24. The number of rotatable bonds is 3. The van der Waals surface area contributed by atoms with E-state index in [4.69, 9.17) is 5.11 Å². The summed E-state index contributed by atoms with van der Waals surface area (Å²) in [5.41, 5.74) is 0. The highest BCUT2D eigenvalue weighted by atomic mass is 79.9. The van der Waals surface area contributed by atoms with Gasteiger partial charge in [0.25, 0.3) is 0 Å². The van der Waals surface area contributed by atoms with Crippen LogP contribution in [0.4, 0.5) is 0 Å². The van der Waals surface area contributed by atoms with E-state index in [0.717, 1.165) is 6.08 Å². The first-order valence-corrected chi connectivity index (χ1v) is 4.55. The summed E-state index contributed by atoms with van der Waals surface area (Å²) >= 11 is 7.30. The summed E-state index contributed by atoms with van der Waals surface area (Å²) in [5, 5.41) is 8.23. The second kappa shape index (κ2) is 4.98. The first-order chi connectivity index (χ1) is 4.52. The van der Waals surface area contributed by atoms with Gasteiger partial charge in [-0.2, -0.15) is 0 Å². The predicted molar refractivity (Wildman–Crippen MR) is 50.3 cm³/mol.